The van der Waals surface area contributed by atoms with Crippen LogP contribution in [0.5, 0.6) is 0 Å². The van der Waals surface area contributed by atoms with Crippen LogP contribution in [0.15, 0.2) is 24.3 Å². The van der Waals surface area contributed by atoms with Crippen LogP contribution < -0.4 is 5.32 Å². The highest BCUT2D eigenvalue weighted by Gasteiger charge is 2.17. The van der Waals surface area contributed by atoms with Gasteiger partial charge in [0, 0.05) is 18.8 Å². The Kier molecular flexibility index (Phi) is 5.01. The molecule has 0 aliphatic rings. The van der Waals surface area contributed by atoms with E-state index in [1.165, 1.54) is 5.56 Å². The van der Waals surface area contributed by atoms with Gasteiger partial charge >= 0.3 is 0 Å². The van der Waals surface area contributed by atoms with Gasteiger partial charge < -0.3 is 10.2 Å². The zero-order chi connectivity index (χ0) is 12.8. The summed E-state index contributed by atoms with van der Waals surface area (Å²) < 4.78 is 0. The molecule has 0 aliphatic carbocycles. The minimum Gasteiger partial charge on any atom is -0.374 e. The second-order valence-electron chi connectivity index (χ2n) is 4.24. The second kappa shape index (κ2) is 6.28. The third-order valence-electron chi connectivity index (χ3n) is 2.88. The van der Waals surface area contributed by atoms with Crippen LogP contribution >= 0.6 is 0 Å². The maximum absolute atomic E-state index is 12.0. The fourth-order valence-electron chi connectivity index (χ4n) is 1.77. The Bertz CT molecular complexity index is 355. The molecule has 0 aliphatic heterocycles. The van der Waals surface area contributed by atoms with Crippen molar-refractivity contribution in [2.45, 2.75) is 33.7 Å². The highest BCUT2D eigenvalue weighted by molar-refractivity contribution is 5.84. The number of aryl methyl sites for hydroxylation is 1. The number of carbonyl (C=O) groups excluding carboxylic acids is 1. The van der Waals surface area contributed by atoms with E-state index < -0.39 is 0 Å². The molecular formula is C14H22N2O. The molecule has 0 saturated carbocycles. The molecule has 17 heavy (non-hydrogen) atoms. The molecule has 0 spiro atoms. The van der Waals surface area contributed by atoms with Gasteiger partial charge in [0.2, 0.25) is 5.91 Å². The van der Waals surface area contributed by atoms with Crippen LogP contribution in [0.3, 0.4) is 0 Å². The van der Waals surface area contributed by atoms with Crippen LogP contribution in [0, 0.1) is 6.92 Å². The highest BCUT2D eigenvalue weighted by Crippen LogP contribution is 2.10. The van der Waals surface area contributed by atoms with Crippen molar-refractivity contribution in [2.75, 3.05) is 18.4 Å². The summed E-state index contributed by atoms with van der Waals surface area (Å²) in [7, 11) is 0. The van der Waals surface area contributed by atoms with Gasteiger partial charge in [-0.05, 0) is 39.8 Å². The summed E-state index contributed by atoms with van der Waals surface area (Å²) in [6, 6.07) is 7.90. The fraction of sp³-hybridized carbons (Fsp3) is 0.500. The standard InChI is InChI=1S/C14H22N2O/c1-5-16(6-2)14(17)12(4)15-13-9-7-11(3)8-10-13/h7-10,12,15H,5-6H2,1-4H3. The molecule has 1 unspecified atom stereocenters. The molecule has 0 heterocycles. The van der Waals surface area contributed by atoms with E-state index in [1.54, 1.807) is 0 Å². The molecule has 0 radical (unpaired) electrons. The largest absolute Gasteiger partial charge is 0.374 e. The van der Waals surface area contributed by atoms with Crippen molar-refractivity contribution < 1.29 is 4.79 Å². The lowest BCUT2D eigenvalue weighted by atomic mass is 10.2. The lowest BCUT2D eigenvalue weighted by molar-refractivity contribution is -0.131. The predicted molar refractivity (Wildman–Crippen MR) is 72.2 cm³/mol. The topological polar surface area (TPSA) is 32.3 Å². The predicted octanol–water partition coefficient (Wildman–Crippen LogP) is 2.66. The van der Waals surface area contributed by atoms with Crippen LogP contribution in [-0.4, -0.2) is 29.9 Å². The van der Waals surface area contributed by atoms with Crippen molar-refractivity contribution in [2.24, 2.45) is 0 Å². The number of nitrogens with one attached hydrogen (secondary N) is 1. The van der Waals surface area contributed by atoms with Crippen molar-refractivity contribution in [1.82, 2.24) is 4.90 Å². The molecule has 0 saturated heterocycles. The molecule has 3 nitrogen and oxygen atoms in total. The lowest BCUT2D eigenvalue weighted by Gasteiger charge is -2.24. The minimum absolute atomic E-state index is 0.149. The Morgan fingerprint density at radius 2 is 1.76 bits per heavy atom. The van der Waals surface area contributed by atoms with Gasteiger partial charge in [0.15, 0.2) is 0 Å². The minimum atomic E-state index is -0.183. The summed E-state index contributed by atoms with van der Waals surface area (Å²) in [5.41, 5.74) is 2.21. The average Bonchev–Trinajstić information content (AvgIpc) is 2.33. The number of hydrogen-bond donors (Lipinski definition) is 1. The molecule has 1 atom stereocenters. The van der Waals surface area contributed by atoms with Gasteiger partial charge in [0.1, 0.15) is 6.04 Å². The molecule has 1 aromatic rings. The number of rotatable bonds is 5. The van der Waals surface area contributed by atoms with E-state index in [1.807, 2.05) is 56.9 Å². The van der Waals surface area contributed by atoms with E-state index in [-0.39, 0.29) is 11.9 Å². The van der Waals surface area contributed by atoms with Gasteiger partial charge in [-0.25, -0.2) is 0 Å². The second-order valence-corrected chi connectivity index (χ2v) is 4.24. The quantitative estimate of drug-likeness (QED) is 0.849. The van der Waals surface area contributed by atoms with Crippen molar-refractivity contribution in [3.63, 3.8) is 0 Å². The number of carbonyl (C=O) groups is 1. The Hall–Kier alpha value is -1.51. The first kappa shape index (κ1) is 13.6. The molecule has 1 rings (SSSR count). The first-order valence-corrected chi connectivity index (χ1v) is 6.20. The number of anilines is 1. The van der Waals surface area contributed by atoms with Crippen molar-refractivity contribution >= 4 is 11.6 Å². The monoisotopic (exact) mass is 234 g/mol. The van der Waals surface area contributed by atoms with Crippen molar-refractivity contribution in [3.8, 4) is 0 Å². The molecule has 1 aromatic carbocycles. The zero-order valence-corrected chi connectivity index (χ0v) is 11.2. The van der Waals surface area contributed by atoms with E-state index in [0.29, 0.717) is 0 Å². The number of likely N-dealkylation sites (N-methyl/N-ethyl adjacent to an activating group) is 1. The Labute approximate surface area is 104 Å². The van der Waals surface area contributed by atoms with Gasteiger partial charge in [0.25, 0.3) is 0 Å². The lowest BCUT2D eigenvalue weighted by Crippen LogP contribution is -2.41. The van der Waals surface area contributed by atoms with Gasteiger partial charge in [-0.3, -0.25) is 4.79 Å². The summed E-state index contributed by atoms with van der Waals surface area (Å²) in [5.74, 6) is 0.149. The summed E-state index contributed by atoms with van der Waals surface area (Å²) in [6.07, 6.45) is 0. The molecule has 0 fully saturated rings. The van der Waals surface area contributed by atoms with Crippen molar-refractivity contribution in [3.05, 3.63) is 29.8 Å². The molecule has 94 valence electrons. The first-order chi connectivity index (χ1) is 8.08. The Morgan fingerprint density at radius 3 is 2.24 bits per heavy atom. The van der Waals surface area contributed by atoms with E-state index >= 15 is 0 Å². The SMILES string of the molecule is CCN(CC)C(=O)C(C)Nc1ccc(C)cc1. The van der Waals surface area contributed by atoms with Crippen molar-refractivity contribution in [1.29, 1.82) is 0 Å². The smallest absolute Gasteiger partial charge is 0.244 e. The summed E-state index contributed by atoms with van der Waals surface area (Å²) in [4.78, 5) is 13.9. The van der Waals surface area contributed by atoms with Gasteiger partial charge in [-0.2, -0.15) is 0 Å². The number of nitrogens with zero attached hydrogens (tertiary/aromatic N) is 1. The third kappa shape index (κ3) is 3.77. The normalized spacial score (nSPS) is 12.0. The molecule has 1 N–H and O–H groups in total. The Morgan fingerprint density at radius 1 is 1.24 bits per heavy atom. The Balaban J connectivity index is 2.62. The van der Waals surface area contributed by atoms with Crippen LogP contribution in [0.1, 0.15) is 26.3 Å². The average molecular weight is 234 g/mol. The number of benzene rings is 1. The molecule has 0 aromatic heterocycles. The number of hydrogen-bond acceptors (Lipinski definition) is 2. The maximum Gasteiger partial charge on any atom is 0.244 e. The molecule has 1 amide bonds. The third-order valence-corrected chi connectivity index (χ3v) is 2.88. The maximum atomic E-state index is 12.0. The van der Waals surface area contributed by atoms with Crippen LogP contribution in [0.25, 0.3) is 0 Å². The first-order valence-electron chi connectivity index (χ1n) is 6.20. The molecular weight excluding hydrogens is 212 g/mol. The summed E-state index contributed by atoms with van der Waals surface area (Å²) in [5, 5.41) is 3.23. The van der Waals surface area contributed by atoms with Crippen LogP contribution in [-0.2, 0) is 4.79 Å². The van der Waals surface area contributed by atoms with Gasteiger partial charge in [-0.15, -0.1) is 0 Å². The van der Waals surface area contributed by atoms with E-state index in [0.717, 1.165) is 18.8 Å². The van der Waals surface area contributed by atoms with E-state index in [4.69, 9.17) is 0 Å². The summed E-state index contributed by atoms with van der Waals surface area (Å²) >= 11 is 0. The van der Waals surface area contributed by atoms with Gasteiger partial charge in [-0.1, -0.05) is 17.7 Å². The van der Waals surface area contributed by atoms with Gasteiger partial charge in [0.05, 0.1) is 0 Å². The van der Waals surface area contributed by atoms with E-state index in [2.05, 4.69) is 5.32 Å². The highest BCUT2D eigenvalue weighted by atomic mass is 16.2. The zero-order valence-electron chi connectivity index (χ0n) is 11.2. The summed E-state index contributed by atoms with van der Waals surface area (Å²) in [6.45, 7) is 9.47. The van der Waals surface area contributed by atoms with E-state index in [9.17, 15) is 4.79 Å². The van der Waals surface area contributed by atoms with Crippen LogP contribution in [0.2, 0.25) is 0 Å². The number of amides is 1. The fourth-order valence-corrected chi connectivity index (χ4v) is 1.77. The molecule has 3 heteroatoms. The van der Waals surface area contributed by atoms with Crippen LogP contribution in [0.4, 0.5) is 5.69 Å². The molecule has 0 bridgehead atoms.